The van der Waals surface area contributed by atoms with Gasteiger partial charge in [-0.25, -0.2) is 4.39 Å². The van der Waals surface area contributed by atoms with Gasteiger partial charge in [0.15, 0.2) is 0 Å². The van der Waals surface area contributed by atoms with E-state index in [4.69, 9.17) is 11.6 Å². The first kappa shape index (κ1) is 27.8. The van der Waals surface area contributed by atoms with E-state index < -0.39 is 41.4 Å². The number of nitrogens with zero attached hydrogens (tertiary/aromatic N) is 1. The molecule has 5 atom stereocenters. The Balaban J connectivity index is 1.49. The Labute approximate surface area is 225 Å². The second-order valence-electron chi connectivity index (χ2n) is 10.7. The minimum atomic E-state index is -1.20. The first-order chi connectivity index (χ1) is 17.9. The molecule has 38 heavy (non-hydrogen) atoms. The van der Waals surface area contributed by atoms with Gasteiger partial charge in [-0.3, -0.25) is 24.0 Å². The van der Waals surface area contributed by atoms with Gasteiger partial charge in [-0.2, -0.15) is 0 Å². The molecule has 4 rings (SSSR count). The topological polar surface area (TPSA) is 137 Å². The average molecular weight is 550 g/mol. The molecule has 0 spiro atoms. The second-order valence-corrected chi connectivity index (χ2v) is 11.1. The summed E-state index contributed by atoms with van der Waals surface area (Å²) in [6.07, 6.45) is 0.494. The number of benzene rings is 1. The number of piperidine rings is 1. The largest absolute Gasteiger partial charge is 0.375 e. The van der Waals surface area contributed by atoms with E-state index in [-0.39, 0.29) is 53.6 Å². The molecule has 10 nitrogen and oxygen atoms in total. The summed E-state index contributed by atoms with van der Waals surface area (Å²) in [7, 11) is 0. The van der Waals surface area contributed by atoms with Crippen molar-refractivity contribution in [3.05, 3.63) is 29.0 Å². The minimum absolute atomic E-state index is 0.00365. The number of anilines is 1. The predicted octanol–water partition coefficient (Wildman–Crippen LogP) is 1.09. The predicted molar refractivity (Wildman–Crippen MR) is 138 cm³/mol. The molecule has 206 valence electrons. The molecule has 2 heterocycles. The molecule has 3 fully saturated rings. The number of nitrogens with one attached hydrogen (secondary N) is 4. The Morgan fingerprint density at radius 3 is 2.63 bits per heavy atom. The fourth-order valence-corrected chi connectivity index (χ4v) is 6.03. The van der Waals surface area contributed by atoms with Crippen molar-refractivity contribution in [2.75, 3.05) is 31.5 Å². The Bertz CT molecular complexity index is 1160. The van der Waals surface area contributed by atoms with Crippen molar-refractivity contribution in [1.29, 1.82) is 0 Å². The molecule has 0 aromatic heterocycles. The molecule has 2 saturated heterocycles. The zero-order valence-electron chi connectivity index (χ0n) is 21.6. The van der Waals surface area contributed by atoms with Gasteiger partial charge >= 0.3 is 0 Å². The fourth-order valence-electron chi connectivity index (χ4n) is 5.80. The Kier molecular flexibility index (Phi) is 7.96. The number of carbonyl (C=O) groups excluding carboxylic acids is 5. The summed E-state index contributed by atoms with van der Waals surface area (Å²) in [5.41, 5.74) is 0.214. The normalized spacial score (nSPS) is 25.7. The van der Waals surface area contributed by atoms with Gasteiger partial charge in [0.2, 0.25) is 23.5 Å². The number of hydrogen-bond donors (Lipinski definition) is 4. The first-order valence-corrected chi connectivity index (χ1v) is 13.2. The molecular weight excluding hydrogens is 517 g/mol. The van der Waals surface area contributed by atoms with Crippen LogP contribution in [0.3, 0.4) is 0 Å². The van der Waals surface area contributed by atoms with Crippen LogP contribution in [0.1, 0.15) is 33.6 Å². The van der Waals surface area contributed by atoms with Crippen LogP contribution >= 0.6 is 11.6 Å². The monoisotopic (exact) mass is 549 g/mol. The first-order valence-electron chi connectivity index (χ1n) is 12.8. The quantitative estimate of drug-likeness (QED) is 0.323. The van der Waals surface area contributed by atoms with Crippen molar-refractivity contribution < 1.29 is 28.4 Å². The third-order valence-corrected chi connectivity index (χ3v) is 8.35. The fraction of sp³-hybridized carbons (Fsp3) is 0.577. The minimum Gasteiger partial charge on any atom is -0.375 e. The second kappa shape index (κ2) is 10.9. The lowest BCUT2D eigenvalue weighted by Gasteiger charge is -2.31. The summed E-state index contributed by atoms with van der Waals surface area (Å²) in [5.74, 6) is -3.78. The summed E-state index contributed by atoms with van der Waals surface area (Å²) >= 11 is 6.05. The van der Waals surface area contributed by atoms with Crippen LogP contribution < -0.4 is 21.3 Å². The lowest BCUT2D eigenvalue weighted by Crippen LogP contribution is -2.56. The molecule has 0 bridgehead atoms. The third-order valence-electron chi connectivity index (χ3n) is 8.04. The molecule has 1 aliphatic carbocycles. The van der Waals surface area contributed by atoms with Crippen LogP contribution in [0.5, 0.6) is 0 Å². The van der Waals surface area contributed by atoms with Gasteiger partial charge in [0.1, 0.15) is 11.9 Å². The van der Waals surface area contributed by atoms with Crippen molar-refractivity contribution in [3.63, 3.8) is 0 Å². The number of carbonyl (C=O) groups is 5. The van der Waals surface area contributed by atoms with Crippen molar-refractivity contribution in [3.8, 4) is 0 Å². The smallest absolute Gasteiger partial charge is 0.289 e. The van der Waals surface area contributed by atoms with Crippen molar-refractivity contribution in [2.45, 2.75) is 45.7 Å². The molecule has 0 unspecified atom stereocenters. The maximum absolute atomic E-state index is 13.6. The molecule has 4 N–H and O–H groups in total. The van der Waals surface area contributed by atoms with Crippen LogP contribution in [0.15, 0.2) is 18.2 Å². The average Bonchev–Trinajstić information content (AvgIpc) is 3.20. The van der Waals surface area contributed by atoms with Crippen LogP contribution in [0, 0.1) is 29.0 Å². The number of ketones is 1. The number of hydrogen-bond acceptors (Lipinski definition) is 6. The number of fused-ring (bicyclic) bond motifs is 1. The van der Waals surface area contributed by atoms with E-state index in [2.05, 4.69) is 21.3 Å². The number of likely N-dealkylation sites (N-methyl/N-ethyl adjacent to an activating group) is 1. The van der Waals surface area contributed by atoms with E-state index >= 15 is 0 Å². The molecule has 3 aliphatic rings. The summed E-state index contributed by atoms with van der Waals surface area (Å²) in [6.45, 7) is 6.64. The molecule has 2 aliphatic heterocycles. The summed E-state index contributed by atoms with van der Waals surface area (Å²) < 4.78 is 13.4. The van der Waals surface area contributed by atoms with E-state index in [0.717, 1.165) is 6.07 Å². The van der Waals surface area contributed by atoms with Gasteiger partial charge in [0.05, 0.1) is 23.3 Å². The van der Waals surface area contributed by atoms with Gasteiger partial charge in [-0.1, -0.05) is 25.4 Å². The molecular formula is C26H33ClFN5O5. The van der Waals surface area contributed by atoms with E-state index in [9.17, 15) is 28.4 Å². The van der Waals surface area contributed by atoms with Gasteiger partial charge in [-0.15, -0.1) is 0 Å². The number of Topliss-reactive ketones (excluding diaryl/α,β-unsaturated/α-hetero) is 1. The molecule has 1 aromatic rings. The summed E-state index contributed by atoms with van der Waals surface area (Å²) in [5, 5.41) is 10.9. The Morgan fingerprint density at radius 2 is 2.00 bits per heavy atom. The Hall–Kier alpha value is -3.21. The maximum Gasteiger partial charge on any atom is 0.289 e. The van der Waals surface area contributed by atoms with E-state index in [1.54, 1.807) is 6.92 Å². The molecule has 1 saturated carbocycles. The van der Waals surface area contributed by atoms with Crippen molar-refractivity contribution >= 4 is 46.7 Å². The highest BCUT2D eigenvalue weighted by molar-refractivity contribution is 6.38. The van der Waals surface area contributed by atoms with E-state index in [1.165, 1.54) is 17.0 Å². The van der Waals surface area contributed by atoms with E-state index in [0.29, 0.717) is 25.2 Å². The highest BCUT2D eigenvalue weighted by Crippen LogP contribution is 2.64. The van der Waals surface area contributed by atoms with Crippen LogP contribution in [-0.2, 0) is 24.0 Å². The zero-order chi connectivity index (χ0) is 27.8. The summed E-state index contributed by atoms with van der Waals surface area (Å²) in [4.78, 5) is 65.8. The van der Waals surface area contributed by atoms with Crippen LogP contribution in [0.2, 0.25) is 5.02 Å². The standard InChI is InChI=1S/C26H33ClFN5O5/c1-4-29-25(38)22(35)18(9-13-7-8-30-23(13)36)32-24(37)21-20-15(26(20,2)3)12-33(21)19(34)11-31-17-6-5-14(28)10-16(17)27/h5-6,10,13,15,18,20-21,31H,4,7-9,11-12H2,1-3H3,(H,29,38)(H,30,36)(H,32,37)/t13-,15-,18-,20-,21-/m0/s1. The van der Waals surface area contributed by atoms with Crippen LogP contribution in [-0.4, -0.2) is 72.6 Å². The van der Waals surface area contributed by atoms with Crippen LogP contribution in [0.25, 0.3) is 0 Å². The third kappa shape index (κ3) is 5.48. The van der Waals surface area contributed by atoms with Gasteiger partial charge in [0.25, 0.3) is 5.91 Å². The SMILES string of the molecule is CCNC(=O)C(=O)[C@H](C[C@@H]1CCNC1=O)NC(=O)[C@@H]1[C@@H]2[C@H](CN1C(=O)CNc1ccc(F)cc1Cl)C2(C)C. The van der Waals surface area contributed by atoms with Gasteiger partial charge in [-0.05, 0) is 55.2 Å². The van der Waals surface area contributed by atoms with Gasteiger partial charge in [0, 0.05) is 25.6 Å². The van der Waals surface area contributed by atoms with E-state index in [1.807, 2.05) is 13.8 Å². The highest BCUT2D eigenvalue weighted by Gasteiger charge is 2.69. The Morgan fingerprint density at radius 1 is 1.26 bits per heavy atom. The number of amides is 4. The summed E-state index contributed by atoms with van der Waals surface area (Å²) in [6, 6.07) is 1.75. The van der Waals surface area contributed by atoms with Gasteiger partial charge < -0.3 is 26.2 Å². The lowest BCUT2D eigenvalue weighted by molar-refractivity contribution is -0.143. The lowest BCUT2D eigenvalue weighted by atomic mass is 9.94. The highest BCUT2D eigenvalue weighted by atomic mass is 35.5. The molecule has 1 aromatic carbocycles. The van der Waals surface area contributed by atoms with Crippen molar-refractivity contribution in [1.82, 2.24) is 20.9 Å². The van der Waals surface area contributed by atoms with Crippen LogP contribution in [0.4, 0.5) is 10.1 Å². The molecule has 12 heteroatoms. The maximum atomic E-state index is 13.6. The zero-order valence-corrected chi connectivity index (χ0v) is 22.4. The number of likely N-dealkylation sites (tertiary alicyclic amines) is 1. The number of halogens is 2. The van der Waals surface area contributed by atoms with Crippen molar-refractivity contribution in [2.24, 2.45) is 23.2 Å². The molecule has 0 radical (unpaired) electrons. The number of rotatable bonds is 10. The molecule has 4 amide bonds.